The molecule has 0 aromatic carbocycles. The van der Waals surface area contributed by atoms with Gasteiger partial charge in [-0.25, -0.2) is 4.98 Å². The van der Waals surface area contributed by atoms with Gasteiger partial charge in [-0.2, -0.15) is 0 Å². The van der Waals surface area contributed by atoms with Crippen LogP contribution in [-0.4, -0.2) is 71.5 Å². The Balaban J connectivity index is 1.74. The van der Waals surface area contributed by atoms with E-state index in [1.165, 1.54) is 12.4 Å². The van der Waals surface area contributed by atoms with Crippen LogP contribution in [0, 0.1) is 11.3 Å². The number of amides is 2. The standard InChI is InChI=1S/C16H22N4O3/c1-12-10-20(14(21)13-9-17-4-5-18-13)11-16(12)3-6-19(15(16)22)7-8-23-2/h4-5,9,12H,3,6-8,10-11H2,1-2H3/t12-,16-/m0/s1. The second-order valence-corrected chi connectivity index (χ2v) is 6.37. The second kappa shape index (κ2) is 6.23. The zero-order chi connectivity index (χ0) is 16.4. The summed E-state index contributed by atoms with van der Waals surface area (Å²) in [5.74, 6) is 0.143. The van der Waals surface area contributed by atoms with Crippen LogP contribution in [0.1, 0.15) is 23.8 Å². The molecule has 0 radical (unpaired) electrons. The second-order valence-electron chi connectivity index (χ2n) is 6.37. The lowest BCUT2D eigenvalue weighted by molar-refractivity contribution is -0.137. The van der Waals surface area contributed by atoms with E-state index in [9.17, 15) is 9.59 Å². The minimum absolute atomic E-state index is 0.142. The highest BCUT2D eigenvalue weighted by Gasteiger charge is 2.55. The number of rotatable bonds is 4. The van der Waals surface area contributed by atoms with E-state index in [-0.39, 0.29) is 17.7 Å². The fourth-order valence-corrected chi connectivity index (χ4v) is 3.67. The van der Waals surface area contributed by atoms with E-state index >= 15 is 0 Å². The lowest BCUT2D eigenvalue weighted by Crippen LogP contribution is -2.41. The zero-order valence-electron chi connectivity index (χ0n) is 13.6. The number of likely N-dealkylation sites (tertiary alicyclic amines) is 2. The van der Waals surface area contributed by atoms with Crippen LogP contribution in [0.25, 0.3) is 0 Å². The van der Waals surface area contributed by atoms with Crippen LogP contribution in [-0.2, 0) is 9.53 Å². The van der Waals surface area contributed by atoms with Crippen LogP contribution < -0.4 is 0 Å². The molecule has 2 fully saturated rings. The minimum Gasteiger partial charge on any atom is -0.383 e. The minimum atomic E-state index is -0.453. The van der Waals surface area contributed by atoms with Crippen LogP contribution >= 0.6 is 0 Å². The van der Waals surface area contributed by atoms with E-state index in [1.807, 2.05) is 4.90 Å². The molecule has 1 aromatic heterocycles. The first-order valence-electron chi connectivity index (χ1n) is 7.92. The Morgan fingerprint density at radius 1 is 1.48 bits per heavy atom. The van der Waals surface area contributed by atoms with Crippen molar-refractivity contribution in [2.24, 2.45) is 11.3 Å². The summed E-state index contributed by atoms with van der Waals surface area (Å²) in [6.07, 6.45) is 5.31. The predicted octanol–water partition coefficient (Wildman–Crippen LogP) is 0.434. The van der Waals surface area contributed by atoms with Gasteiger partial charge in [-0.05, 0) is 12.3 Å². The van der Waals surface area contributed by atoms with Crippen molar-refractivity contribution in [2.45, 2.75) is 13.3 Å². The van der Waals surface area contributed by atoms with Gasteiger partial charge in [0.05, 0.1) is 18.2 Å². The van der Waals surface area contributed by atoms with Gasteiger partial charge in [0, 0.05) is 45.7 Å². The van der Waals surface area contributed by atoms with Crippen LogP contribution in [0.3, 0.4) is 0 Å². The SMILES string of the molecule is COCCN1CC[C@@]2(CN(C(=O)c3cnccn3)C[C@@H]2C)C1=O. The molecule has 7 nitrogen and oxygen atoms in total. The Bertz CT molecular complexity index is 594. The van der Waals surface area contributed by atoms with Crippen LogP contribution in [0.15, 0.2) is 18.6 Å². The van der Waals surface area contributed by atoms with Gasteiger partial charge >= 0.3 is 0 Å². The highest BCUT2D eigenvalue weighted by atomic mass is 16.5. The molecule has 3 rings (SSSR count). The molecule has 0 aliphatic carbocycles. The molecule has 2 aliphatic rings. The lowest BCUT2D eigenvalue weighted by Gasteiger charge is -2.26. The first-order valence-corrected chi connectivity index (χ1v) is 7.92. The predicted molar refractivity (Wildman–Crippen MR) is 82.6 cm³/mol. The quantitative estimate of drug-likeness (QED) is 0.805. The Morgan fingerprint density at radius 2 is 2.30 bits per heavy atom. The van der Waals surface area contributed by atoms with E-state index in [2.05, 4.69) is 16.9 Å². The van der Waals surface area contributed by atoms with Crippen molar-refractivity contribution in [2.75, 3.05) is 39.9 Å². The normalized spacial score (nSPS) is 27.2. The molecule has 0 unspecified atom stereocenters. The third-order valence-corrected chi connectivity index (χ3v) is 5.09. The van der Waals surface area contributed by atoms with Crippen molar-refractivity contribution in [3.8, 4) is 0 Å². The molecule has 2 saturated heterocycles. The first kappa shape index (κ1) is 15.9. The summed E-state index contributed by atoms with van der Waals surface area (Å²) < 4.78 is 5.07. The van der Waals surface area contributed by atoms with Crippen molar-refractivity contribution in [3.63, 3.8) is 0 Å². The van der Waals surface area contributed by atoms with Gasteiger partial charge in [0.15, 0.2) is 0 Å². The molecule has 1 aromatic rings. The summed E-state index contributed by atoms with van der Waals surface area (Å²) in [5.41, 5.74) is -0.121. The average molecular weight is 318 g/mol. The maximum Gasteiger partial charge on any atom is 0.274 e. The number of aromatic nitrogens is 2. The third kappa shape index (κ3) is 2.69. The summed E-state index contributed by atoms with van der Waals surface area (Å²) in [6, 6.07) is 0. The fraction of sp³-hybridized carbons (Fsp3) is 0.625. The van der Waals surface area contributed by atoms with E-state index in [0.717, 1.165) is 13.0 Å². The molecule has 2 atom stereocenters. The molecule has 124 valence electrons. The topological polar surface area (TPSA) is 75.6 Å². The number of nitrogens with zero attached hydrogens (tertiary/aromatic N) is 4. The average Bonchev–Trinajstić information content (AvgIpc) is 3.08. The van der Waals surface area contributed by atoms with Crippen molar-refractivity contribution in [1.82, 2.24) is 19.8 Å². The fourth-order valence-electron chi connectivity index (χ4n) is 3.67. The molecule has 0 bridgehead atoms. The molecule has 7 heteroatoms. The van der Waals surface area contributed by atoms with Gasteiger partial charge in [0.2, 0.25) is 5.91 Å². The van der Waals surface area contributed by atoms with Gasteiger partial charge < -0.3 is 14.5 Å². The van der Waals surface area contributed by atoms with Crippen molar-refractivity contribution < 1.29 is 14.3 Å². The summed E-state index contributed by atoms with van der Waals surface area (Å²) >= 11 is 0. The number of carbonyl (C=O) groups excluding carboxylic acids is 2. The van der Waals surface area contributed by atoms with Crippen molar-refractivity contribution >= 4 is 11.8 Å². The number of methoxy groups -OCH3 is 1. The molecule has 0 saturated carbocycles. The number of carbonyl (C=O) groups is 2. The van der Waals surface area contributed by atoms with Crippen LogP contribution in [0.2, 0.25) is 0 Å². The number of hydrogen-bond acceptors (Lipinski definition) is 5. The molecule has 1 spiro atoms. The van der Waals surface area contributed by atoms with E-state index in [4.69, 9.17) is 4.74 Å². The Morgan fingerprint density at radius 3 is 3.00 bits per heavy atom. The largest absolute Gasteiger partial charge is 0.383 e. The molecule has 2 amide bonds. The van der Waals surface area contributed by atoms with Gasteiger partial charge in [0.1, 0.15) is 5.69 Å². The number of hydrogen-bond donors (Lipinski definition) is 0. The Kier molecular flexibility index (Phi) is 4.30. The zero-order valence-corrected chi connectivity index (χ0v) is 13.6. The maximum atomic E-state index is 12.9. The Labute approximate surface area is 135 Å². The molecule has 23 heavy (non-hydrogen) atoms. The van der Waals surface area contributed by atoms with Gasteiger partial charge in [-0.1, -0.05) is 6.92 Å². The van der Waals surface area contributed by atoms with Crippen LogP contribution in [0.5, 0.6) is 0 Å². The smallest absolute Gasteiger partial charge is 0.274 e. The molecule has 3 heterocycles. The molecule has 2 aliphatic heterocycles. The Hall–Kier alpha value is -2.02. The molecule has 0 N–H and O–H groups in total. The van der Waals surface area contributed by atoms with Gasteiger partial charge in [-0.3, -0.25) is 14.6 Å². The van der Waals surface area contributed by atoms with Crippen molar-refractivity contribution in [1.29, 1.82) is 0 Å². The highest BCUT2D eigenvalue weighted by molar-refractivity contribution is 5.94. The molecular weight excluding hydrogens is 296 g/mol. The van der Waals surface area contributed by atoms with Gasteiger partial charge in [-0.15, -0.1) is 0 Å². The van der Waals surface area contributed by atoms with Crippen molar-refractivity contribution in [3.05, 3.63) is 24.3 Å². The summed E-state index contributed by atoms with van der Waals surface area (Å²) in [7, 11) is 1.63. The van der Waals surface area contributed by atoms with E-state index < -0.39 is 5.41 Å². The van der Waals surface area contributed by atoms with Gasteiger partial charge in [0.25, 0.3) is 5.91 Å². The highest BCUT2D eigenvalue weighted by Crippen LogP contribution is 2.44. The van der Waals surface area contributed by atoms with E-state index in [1.54, 1.807) is 18.2 Å². The van der Waals surface area contributed by atoms with E-state index in [0.29, 0.717) is 31.9 Å². The third-order valence-electron chi connectivity index (χ3n) is 5.09. The molecular formula is C16H22N4O3. The summed E-state index contributed by atoms with van der Waals surface area (Å²) in [4.78, 5) is 37.0. The first-order chi connectivity index (χ1) is 11.1. The summed E-state index contributed by atoms with van der Waals surface area (Å²) in [6.45, 7) is 4.99. The monoisotopic (exact) mass is 318 g/mol. The van der Waals surface area contributed by atoms with Crippen LogP contribution in [0.4, 0.5) is 0 Å². The lowest BCUT2D eigenvalue weighted by atomic mass is 9.78. The maximum absolute atomic E-state index is 12.9. The number of ether oxygens (including phenoxy) is 1. The summed E-state index contributed by atoms with van der Waals surface area (Å²) in [5, 5.41) is 0.